The summed E-state index contributed by atoms with van der Waals surface area (Å²) in [4.78, 5) is 0. The molecule has 1 unspecified atom stereocenters. The SMILES string of the molecule is [2H]C([2H])([2H])OC1O[C@@H](C)[C@@H](O)[C@@H](O)[C@@H]1O. The molecule has 0 aliphatic carbocycles. The first-order valence-electron chi connectivity index (χ1n) is 5.10. The molecule has 0 bridgehead atoms. The number of hydrogen-bond donors (Lipinski definition) is 3. The van der Waals surface area contributed by atoms with Crippen LogP contribution in [0.5, 0.6) is 0 Å². The zero-order chi connectivity index (χ0) is 11.8. The lowest BCUT2D eigenvalue weighted by Gasteiger charge is -2.38. The molecule has 1 heterocycles. The van der Waals surface area contributed by atoms with Gasteiger partial charge < -0.3 is 24.8 Å². The van der Waals surface area contributed by atoms with Crippen LogP contribution in [0.2, 0.25) is 0 Å². The molecule has 12 heavy (non-hydrogen) atoms. The van der Waals surface area contributed by atoms with Gasteiger partial charge in [0.05, 0.1) is 10.2 Å². The average Bonchev–Trinajstić information content (AvgIpc) is 2.08. The predicted molar refractivity (Wildman–Crippen MR) is 39.4 cm³/mol. The number of ether oxygens (including phenoxy) is 2. The standard InChI is InChI=1S/C7H14O5/c1-3-4(8)5(9)6(10)7(11-2)12-3/h3-10H,1-2H3/t3-,4+,5+,6-,7?/m0/s1/i2D3. The zero-order valence-corrected chi connectivity index (χ0v) is 6.54. The van der Waals surface area contributed by atoms with Crippen molar-refractivity contribution in [1.29, 1.82) is 0 Å². The topological polar surface area (TPSA) is 79.2 Å². The molecule has 1 fully saturated rings. The molecule has 1 aliphatic heterocycles. The van der Waals surface area contributed by atoms with Gasteiger partial charge >= 0.3 is 0 Å². The Labute approximate surface area is 74.7 Å². The average molecular weight is 181 g/mol. The molecule has 5 nitrogen and oxygen atoms in total. The van der Waals surface area contributed by atoms with E-state index in [0.717, 1.165) is 0 Å². The van der Waals surface area contributed by atoms with Crippen LogP contribution in [-0.4, -0.2) is 53.1 Å². The molecule has 1 saturated heterocycles. The molecule has 5 atom stereocenters. The molecule has 0 radical (unpaired) electrons. The summed E-state index contributed by atoms with van der Waals surface area (Å²) in [7, 11) is -2.73. The van der Waals surface area contributed by atoms with E-state index < -0.39 is 37.7 Å². The van der Waals surface area contributed by atoms with Gasteiger partial charge in [0.25, 0.3) is 0 Å². The van der Waals surface area contributed by atoms with Gasteiger partial charge in [0.2, 0.25) is 0 Å². The highest BCUT2D eigenvalue weighted by atomic mass is 16.7. The van der Waals surface area contributed by atoms with Gasteiger partial charge in [-0.25, -0.2) is 0 Å². The molecular formula is C7H14O5. The van der Waals surface area contributed by atoms with E-state index in [-0.39, 0.29) is 0 Å². The monoisotopic (exact) mass is 181 g/mol. The molecule has 0 aromatic heterocycles. The number of methoxy groups -OCH3 is 1. The minimum absolute atomic E-state index is 0.809. The van der Waals surface area contributed by atoms with E-state index in [0.29, 0.717) is 0 Å². The van der Waals surface area contributed by atoms with Crippen LogP contribution in [0.25, 0.3) is 0 Å². The first-order valence-corrected chi connectivity index (χ1v) is 3.60. The Bertz CT molecular complexity index is 221. The summed E-state index contributed by atoms with van der Waals surface area (Å²) in [6.07, 6.45) is -6.61. The Morgan fingerprint density at radius 3 is 2.50 bits per heavy atom. The second-order valence-corrected chi connectivity index (χ2v) is 2.80. The molecule has 72 valence electrons. The second kappa shape index (κ2) is 3.68. The van der Waals surface area contributed by atoms with Crippen molar-refractivity contribution in [1.82, 2.24) is 0 Å². The maximum atomic E-state index is 9.38. The Balaban J connectivity index is 2.67. The highest BCUT2D eigenvalue weighted by molar-refractivity contribution is 4.86. The van der Waals surface area contributed by atoms with Crippen molar-refractivity contribution < 1.29 is 28.9 Å². The fourth-order valence-electron chi connectivity index (χ4n) is 1.11. The van der Waals surface area contributed by atoms with Gasteiger partial charge in [-0.1, -0.05) is 0 Å². The van der Waals surface area contributed by atoms with Crippen molar-refractivity contribution in [3.63, 3.8) is 0 Å². The molecule has 0 amide bonds. The predicted octanol–water partition coefficient (Wildman–Crippen LogP) is -1.54. The van der Waals surface area contributed by atoms with Crippen molar-refractivity contribution >= 4 is 0 Å². The fraction of sp³-hybridized carbons (Fsp3) is 1.00. The van der Waals surface area contributed by atoms with Crippen molar-refractivity contribution in [3.05, 3.63) is 0 Å². The van der Waals surface area contributed by atoms with Gasteiger partial charge in [-0.15, -0.1) is 0 Å². The van der Waals surface area contributed by atoms with Gasteiger partial charge in [0.1, 0.15) is 18.3 Å². The van der Waals surface area contributed by atoms with Crippen LogP contribution in [-0.2, 0) is 9.47 Å². The van der Waals surface area contributed by atoms with Gasteiger partial charge in [0, 0.05) is 7.04 Å². The third-order valence-electron chi connectivity index (χ3n) is 1.92. The molecule has 5 heteroatoms. The summed E-state index contributed by atoms with van der Waals surface area (Å²) in [5.41, 5.74) is 0. The van der Waals surface area contributed by atoms with E-state index in [2.05, 4.69) is 4.74 Å². The maximum absolute atomic E-state index is 9.38. The van der Waals surface area contributed by atoms with Crippen molar-refractivity contribution in [3.8, 4) is 0 Å². The smallest absolute Gasteiger partial charge is 0.186 e. The van der Waals surface area contributed by atoms with Crippen molar-refractivity contribution in [2.45, 2.75) is 37.6 Å². The molecule has 1 aliphatic rings. The van der Waals surface area contributed by atoms with Crippen LogP contribution < -0.4 is 0 Å². The first kappa shape index (κ1) is 6.28. The van der Waals surface area contributed by atoms with E-state index in [1.54, 1.807) is 0 Å². The Morgan fingerprint density at radius 2 is 1.92 bits per heavy atom. The van der Waals surface area contributed by atoms with Gasteiger partial charge in [-0.2, -0.15) is 0 Å². The number of hydrogen-bond acceptors (Lipinski definition) is 5. The minimum atomic E-state index is -2.73. The number of aliphatic hydroxyl groups excluding tert-OH is 3. The zero-order valence-electron chi connectivity index (χ0n) is 9.54. The quantitative estimate of drug-likeness (QED) is 0.457. The second-order valence-electron chi connectivity index (χ2n) is 2.80. The van der Waals surface area contributed by atoms with Crippen molar-refractivity contribution in [2.75, 3.05) is 7.04 Å². The van der Waals surface area contributed by atoms with Gasteiger partial charge in [0.15, 0.2) is 6.29 Å². The van der Waals surface area contributed by atoms with E-state index in [4.69, 9.17) is 8.85 Å². The van der Waals surface area contributed by atoms with Crippen LogP contribution in [0.1, 0.15) is 11.0 Å². The highest BCUT2D eigenvalue weighted by Gasteiger charge is 2.41. The Hall–Kier alpha value is -0.200. The first-order chi connectivity index (χ1) is 6.72. The summed E-state index contributed by atoms with van der Waals surface area (Å²) >= 11 is 0. The minimum Gasteiger partial charge on any atom is -0.388 e. The van der Waals surface area contributed by atoms with Crippen molar-refractivity contribution in [2.24, 2.45) is 0 Å². The lowest BCUT2D eigenvalue weighted by atomic mass is 10.0. The van der Waals surface area contributed by atoms with Crippen LogP contribution in [0.4, 0.5) is 0 Å². The molecule has 0 aromatic carbocycles. The third kappa shape index (κ3) is 1.60. The lowest BCUT2D eigenvalue weighted by molar-refractivity contribution is -0.286. The van der Waals surface area contributed by atoms with Crippen LogP contribution in [0.15, 0.2) is 0 Å². The molecule has 0 spiro atoms. The summed E-state index contributed by atoms with van der Waals surface area (Å²) < 4.78 is 29.8. The largest absolute Gasteiger partial charge is 0.388 e. The molecule has 3 N–H and O–H groups in total. The molecule has 0 aromatic rings. The Kier molecular flexibility index (Phi) is 1.92. The van der Waals surface area contributed by atoms with Gasteiger partial charge in [-0.05, 0) is 6.92 Å². The summed E-state index contributed by atoms with van der Waals surface area (Å²) in [6.45, 7) is 1.44. The van der Waals surface area contributed by atoms with Gasteiger partial charge in [-0.3, -0.25) is 0 Å². The molecule has 0 saturated carbocycles. The number of aliphatic hydroxyl groups is 3. The van der Waals surface area contributed by atoms with E-state index in [1.807, 2.05) is 0 Å². The van der Waals surface area contributed by atoms with E-state index in [1.165, 1.54) is 6.92 Å². The summed E-state index contributed by atoms with van der Waals surface area (Å²) in [5, 5.41) is 28.0. The summed E-state index contributed by atoms with van der Waals surface area (Å²) in [6, 6.07) is 0. The Morgan fingerprint density at radius 1 is 1.25 bits per heavy atom. The van der Waals surface area contributed by atoms with E-state index >= 15 is 0 Å². The van der Waals surface area contributed by atoms with E-state index in [9.17, 15) is 15.3 Å². The third-order valence-corrected chi connectivity index (χ3v) is 1.92. The van der Waals surface area contributed by atoms with Crippen LogP contribution >= 0.6 is 0 Å². The fourth-order valence-corrected chi connectivity index (χ4v) is 1.11. The lowest BCUT2D eigenvalue weighted by Crippen LogP contribution is -2.57. The normalized spacial score (nSPS) is 54.0. The highest BCUT2D eigenvalue weighted by Crippen LogP contribution is 2.20. The summed E-state index contributed by atoms with van der Waals surface area (Å²) in [5.74, 6) is 0. The van der Waals surface area contributed by atoms with Crippen LogP contribution in [0.3, 0.4) is 0 Å². The maximum Gasteiger partial charge on any atom is 0.186 e. The number of rotatable bonds is 1. The molecular weight excluding hydrogens is 164 g/mol. The van der Waals surface area contributed by atoms with Crippen LogP contribution in [0, 0.1) is 0 Å². The molecule has 1 rings (SSSR count).